The molecule has 0 unspecified atom stereocenters. The molecule has 25 heavy (non-hydrogen) atoms. The molecule has 0 atom stereocenters. The number of halogens is 3. The minimum atomic E-state index is -3.44. The monoisotopic (exact) mass is 399 g/mol. The molecule has 2 aromatic carbocycles. The van der Waals surface area contributed by atoms with E-state index in [2.05, 4.69) is 6.58 Å². The third-order valence-corrected chi connectivity index (χ3v) is 5.40. The Morgan fingerprint density at radius 3 is 2.36 bits per heavy atom. The number of rotatable bonds is 4. The van der Waals surface area contributed by atoms with E-state index in [-0.39, 0.29) is 17.5 Å². The van der Waals surface area contributed by atoms with Gasteiger partial charge in [0, 0.05) is 22.5 Å². The van der Waals surface area contributed by atoms with Gasteiger partial charge in [-0.15, -0.1) is 18.2 Å². The fraction of sp³-hybridized carbons (Fsp3) is 0.111. The number of hydrogen-bond acceptors (Lipinski definition) is 2. The molecule has 7 heteroatoms. The number of nitrogens with zero attached hydrogens (tertiary/aromatic N) is 1. The van der Waals surface area contributed by atoms with Crippen LogP contribution in [-0.2, 0) is 15.9 Å². The zero-order chi connectivity index (χ0) is 18.4. The molecule has 0 aliphatic rings. The van der Waals surface area contributed by atoms with Crippen molar-refractivity contribution in [2.24, 2.45) is 0 Å². The molecule has 0 saturated carbocycles. The van der Waals surface area contributed by atoms with E-state index in [0.717, 1.165) is 10.9 Å². The van der Waals surface area contributed by atoms with Crippen LogP contribution in [0.5, 0.6) is 0 Å². The summed E-state index contributed by atoms with van der Waals surface area (Å²) in [7, 11) is -3.44. The molecule has 0 saturated heterocycles. The SMILES string of the molecule is C=CCS(=O)(=O)n1cc(CCl)c2cc(Cl)ccc21.Fc1ccccc1. The van der Waals surface area contributed by atoms with E-state index in [1.54, 1.807) is 36.4 Å². The Kier molecular flexibility index (Phi) is 6.64. The molecule has 132 valence electrons. The summed E-state index contributed by atoms with van der Waals surface area (Å²) in [6.07, 6.45) is 2.89. The molecule has 0 amide bonds. The van der Waals surface area contributed by atoms with Crippen molar-refractivity contribution in [2.75, 3.05) is 5.75 Å². The van der Waals surface area contributed by atoms with E-state index in [9.17, 15) is 12.8 Å². The summed E-state index contributed by atoms with van der Waals surface area (Å²) >= 11 is 11.7. The highest BCUT2D eigenvalue weighted by Gasteiger charge is 2.17. The second-order valence-electron chi connectivity index (χ2n) is 5.11. The summed E-state index contributed by atoms with van der Waals surface area (Å²) in [6, 6.07) is 13.0. The van der Waals surface area contributed by atoms with E-state index in [1.807, 2.05) is 0 Å². The molecule has 0 aliphatic heterocycles. The number of aromatic nitrogens is 1. The standard InChI is InChI=1S/C12H11Cl2NO2S.C6H5F/c1-2-5-18(16,17)15-8-9(7-13)11-6-10(14)3-4-12(11)15;7-6-4-2-1-3-5-6/h2-4,6,8H,1,5,7H2;1-5H. The fourth-order valence-corrected chi connectivity index (χ4v) is 3.81. The lowest BCUT2D eigenvalue weighted by Crippen LogP contribution is -2.14. The first-order chi connectivity index (χ1) is 11.9. The molecular weight excluding hydrogens is 384 g/mol. The Labute approximate surface area is 156 Å². The smallest absolute Gasteiger partial charge is 0.242 e. The predicted molar refractivity (Wildman–Crippen MR) is 102 cm³/mol. The van der Waals surface area contributed by atoms with Gasteiger partial charge in [0.15, 0.2) is 0 Å². The van der Waals surface area contributed by atoms with Crippen LogP contribution in [0.3, 0.4) is 0 Å². The van der Waals surface area contributed by atoms with Gasteiger partial charge >= 0.3 is 0 Å². The Hall–Kier alpha value is -1.82. The average Bonchev–Trinajstić information content (AvgIpc) is 2.95. The van der Waals surface area contributed by atoms with Crippen molar-refractivity contribution in [3.63, 3.8) is 0 Å². The maximum Gasteiger partial charge on any atom is 0.242 e. The Bertz CT molecular complexity index is 969. The molecule has 3 nitrogen and oxygen atoms in total. The minimum absolute atomic E-state index is 0.124. The van der Waals surface area contributed by atoms with Crippen molar-refractivity contribution in [1.82, 2.24) is 3.97 Å². The summed E-state index contributed by atoms with van der Waals surface area (Å²) < 4.78 is 37.3. The van der Waals surface area contributed by atoms with Crippen molar-refractivity contribution >= 4 is 44.1 Å². The van der Waals surface area contributed by atoms with Gasteiger partial charge in [-0.2, -0.15) is 0 Å². The third-order valence-electron chi connectivity index (χ3n) is 3.32. The van der Waals surface area contributed by atoms with Crippen LogP contribution in [0, 0.1) is 5.82 Å². The topological polar surface area (TPSA) is 39.1 Å². The Morgan fingerprint density at radius 2 is 1.84 bits per heavy atom. The predicted octanol–water partition coefficient (Wildman–Crippen LogP) is 5.22. The van der Waals surface area contributed by atoms with Gasteiger partial charge in [-0.05, 0) is 35.9 Å². The fourth-order valence-electron chi connectivity index (χ4n) is 2.22. The quantitative estimate of drug-likeness (QED) is 0.445. The molecule has 1 aromatic heterocycles. The normalized spacial score (nSPS) is 11.0. The minimum Gasteiger partial charge on any atom is -0.244 e. The van der Waals surface area contributed by atoms with Crippen LogP contribution >= 0.6 is 23.2 Å². The van der Waals surface area contributed by atoms with Crippen LogP contribution in [0.1, 0.15) is 5.56 Å². The van der Waals surface area contributed by atoms with Gasteiger partial charge in [-0.25, -0.2) is 16.8 Å². The third kappa shape index (κ3) is 4.84. The van der Waals surface area contributed by atoms with Crippen LogP contribution in [-0.4, -0.2) is 18.1 Å². The highest BCUT2D eigenvalue weighted by molar-refractivity contribution is 7.90. The van der Waals surface area contributed by atoms with Crippen LogP contribution < -0.4 is 0 Å². The lowest BCUT2D eigenvalue weighted by molar-refractivity contribution is 0.592. The van der Waals surface area contributed by atoms with E-state index in [4.69, 9.17) is 23.2 Å². The molecule has 0 bridgehead atoms. The van der Waals surface area contributed by atoms with Gasteiger partial charge in [-0.3, -0.25) is 0 Å². The van der Waals surface area contributed by atoms with E-state index in [1.165, 1.54) is 28.4 Å². The molecule has 3 rings (SSSR count). The lowest BCUT2D eigenvalue weighted by atomic mass is 10.2. The lowest BCUT2D eigenvalue weighted by Gasteiger charge is -2.04. The zero-order valence-electron chi connectivity index (χ0n) is 13.2. The van der Waals surface area contributed by atoms with Crippen molar-refractivity contribution in [2.45, 2.75) is 5.88 Å². The largest absolute Gasteiger partial charge is 0.244 e. The van der Waals surface area contributed by atoms with Gasteiger partial charge < -0.3 is 0 Å². The van der Waals surface area contributed by atoms with Gasteiger partial charge in [0.1, 0.15) is 5.82 Å². The first-order valence-corrected chi connectivity index (χ1v) is 9.81. The number of benzene rings is 2. The average molecular weight is 400 g/mol. The summed E-state index contributed by atoms with van der Waals surface area (Å²) in [5.41, 5.74) is 1.32. The summed E-state index contributed by atoms with van der Waals surface area (Å²) in [5, 5.41) is 1.30. The maximum atomic E-state index is 12.1. The molecule has 0 aliphatic carbocycles. The first kappa shape index (κ1) is 19.5. The Morgan fingerprint density at radius 1 is 1.16 bits per heavy atom. The maximum absolute atomic E-state index is 12.1. The summed E-state index contributed by atoms with van der Waals surface area (Å²) in [4.78, 5) is 0. The van der Waals surface area contributed by atoms with Gasteiger partial charge in [-0.1, -0.05) is 35.9 Å². The highest BCUT2D eigenvalue weighted by Crippen LogP contribution is 2.27. The zero-order valence-corrected chi connectivity index (χ0v) is 15.5. The molecule has 0 radical (unpaired) electrons. The second-order valence-corrected chi connectivity index (χ2v) is 7.70. The first-order valence-electron chi connectivity index (χ1n) is 7.29. The molecular formula is C18H16Cl2FNO2S. The number of alkyl halides is 1. The summed E-state index contributed by atoms with van der Waals surface area (Å²) in [6.45, 7) is 3.45. The highest BCUT2D eigenvalue weighted by atomic mass is 35.5. The van der Waals surface area contributed by atoms with Crippen molar-refractivity contribution in [3.8, 4) is 0 Å². The van der Waals surface area contributed by atoms with E-state index < -0.39 is 10.0 Å². The van der Waals surface area contributed by atoms with Crippen LogP contribution in [0.15, 0.2) is 67.4 Å². The van der Waals surface area contributed by atoms with E-state index >= 15 is 0 Å². The molecule has 0 fully saturated rings. The number of hydrogen-bond donors (Lipinski definition) is 0. The van der Waals surface area contributed by atoms with Gasteiger partial charge in [0.05, 0.1) is 11.3 Å². The van der Waals surface area contributed by atoms with E-state index in [0.29, 0.717) is 10.5 Å². The van der Waals surface area contributed by atoms with Crippen molar-refractivity contribution < 1.29 is 12.8 Å². The molecule has 0 N–H and O–H groups in total. The van der Waals surface area contributed by atoms with Gasteiger partial charge in [0.2, 0.25) is 10.0 Å². The van der Waals surface area contributed by atoms with Crippen molar-refractivity contribution in [3.05, 3.63) is 83.8 Å². The second kappa shape index (κ2) is 8.52. The van der Waals surface area contributed by atoms with Crippen LogP contribution in [0.25, 0.3) is 10.9 Å². The molecule has 3 aromatic rings. The number of fused-ring (bicyclic) bond motifs is 1. The molecule has 1 heterocycles. The van der Waals surface area contributed by atoms with Gasteiger partial charge in [0.25, 0.3) is 0 Å². The molecule has 0 spiro atoms. The van der Waals surface area contributed by atoms with Crippen molar-refractivity contribution in [1.29, 1.82) is 0 Å². The summed E-state index contributed by atoms with van der Waals surface area (Å²) in [5.74, 6) is -0.0725. The Balaban J connectivity index is 0.000000269. The van der Waals surface area contributed by atoms with Crippen LogP contribution in [0.2, 0.25) is 5.02 Å². The van der Waals surface area contributed by atoms with Crippen LogP contribution in [0.4, 0.5) is 4.39 Å².